The third-order valence-corrected chi connectivity index (χ3v) is 4.25. The molecule has 4 heteroatoms. The maximum absolute atomic E-state index is 12.1. The number of rotatable bonds is 3. The fourth-order valence-electron chi connectivity index (χ4n) is 2.07. The van der Waals surface area contributed by atoms with Gasteiger partial charge in [0.25, 0.3) is 0 Å². The molecule has 2 unspecified atom stereocenters. The Morgan fingerprint density at radius 2 is 2.22 bits per heavy atom. The number of hydrogen-bond acceptors (Lipinski definition) is 3. The molecule has 1 aromatic rings. The number of nitrogens with zero attached hydrogens (tertiary/aromatic N) is 1. The molecule has 1 heterocycles. The number of thioether (sulfide) groups is 1. The van der Waals surface area contributed by atoms with Gasteiger partial charge in [-0.2, -0.15) is 17.0 Å². The van der Waals surface area contributed by atoms with Crippen molar-refractivity contribution in [2.24, 2.45) is 0 Å². The van der Waals surface area contributed by atoms with E-state index in [9.17, 15) is 4.79 Å². The first-order valence-corrected chi connectivity index (χ1v) is 7.29. The van der Waals surface area contributed by atoms with E-state index in [4.69, 9.17) is 5.26 Å². The van der Waals surface area contributed by atoms with E-state index in [1.165, 1.54) is 5.75 Å². The number of amides is 1. The highest BCUT2D eigenvalue weighted by molar-refractivity contribution is 7.99. The fourth-order valence-corrected chi connectivity index (χ4v) is 3.14. The molecule has 1 aromatic carbocycles. The summed E-state index contributed by atoms with van der Waals surface area (Å²) in [6.07, 6.45) is 2.16. The van der Waals surface area contributed by atoms with Crippen LogP contribution in [0, 0.1) is 11.3 Å². The lowest BCUT2D eigenvalue weighted by Gasteiger charge is -2.23. The van der Waals surface area contributed by atoms with Crippen molar-refractivity contribution in [1.29, 1.82) is 5.26 Å². The van der Waals surface area contributed by atoms with Crippen molar-refractivity contribution >= 4 is 17.7 Å². The molecule has 94 valence electrons. The van der Waals surface area contributed by atoms with Gasteiger partial charge in [0.05, 0.1) is 6.07 Å². The topological polar surface area (TPSA) is 52.9 Å². The highest BCUT2D eigenvalue weighted by Gasteiger charge is 2.23. The van der Waals surface area contributed by atoms with E-state index in [1.54, 1.807) is 0 Å². The third-order valence-electron chi connectivity index (χ3n) is 3.03. The van der Waals surface area contributed by atoms with Gasteiger partial charge in [0.15, 0.2) is 0 Å². The molecule has 2 rings (SSSR count). The number of carbonyl (C=O) groups excluding carboxylic acids is 1. The molecule has 1 amide bonds. The van der Waals surface area contributed by atoms with Crippen LogP contribution in [0.25, 0.3) is 0 Å². The van der Waals surface area contributed by atoms with Gasteiger partial charge in [-0.3, -0.25) is 4.79 Å². The lowest BCUT2D eigenvalue weighted by Crippen LogP contribution is -2.40. The largest absolute Gasteiger partial charge is 0.351 e. The van der Waals surface area contributed by atoms with Gasteiger partial charge in [-0.05, 0) is 24.2 Å². The minimum Gasteiger partial charge on any atom is -0.351 e. The average Bonchev–Trinajstić information content (AvgIpc) is 2.42. The van der Waals surface area contributed by atoms with Crippen LogP contribution in [0.3, 0.4) is 0 Å². The van der Waals surface area contributed by atoms with Crippen LogP contribution in [0.4, 0.5) is 0 Å². The average molecular weight is 260 g/mol. The second kappa shape index (κ2) is 6.46. The molecule has 0 saturated carbocycles. The second-order valence-electron chi connectivity index (χ2n) is 4.40. The Morgan fingerprint density at radius 1 is 1.44 bits per heavy atom. The molecule has 0 aromatic heterocycles. The van der Waals surface area contributed by atoms with Crippen LogP contribution in [-0.2, 0) is 4.79 Å². The molecular formula is C14H16N2OS. The molecule has 0 radical (unpaired) electrons. The monoisotopic (exact) mass is 260 g/mol. The normalized spacial score (nSPS) is 20.7. The van der Waals surface area contributed by atoms with E-state index in [-0.39, 0.29) is 11.9 Å². The lowest BCUT2D eigenvalue weighted by atomic mass is 9.99. The van der Waals surface area contributed by atoms with Crippen molar-refractivity contribution in [3.63, 3.8) is 0 Å². The van der Waals surface area contributed by atoms with Crippen molar-refractivity contribution in [1.82, 2.24) is 5.32 Å². The minimum absolute atomic E-state index is 0.170. The molecule has 18 heavy (non-hydrogen) atoms. The van der Waals surface area contributed by atoms with Crippen LogP contribution >= 0.6 is 11.8 Å². The van der Waals surface area contributed by atoms with Crippen LogP contribution in [0.5, 0.6) is 0 Å². The molecule has 0 bridgehead atoms. The molecule has 0 aliphatic carbocycles. The van der Waals surface area contributed by atoms with Crippen LogP contribution in [-0.4, -0.2) is 23.5 Å². The van der Waals surface area contributed by atoms with E-state index in [1.807, 2.05) is 42.1 Å². The van der Waals surface area contributed by atoms with Crippen molar-refractivity contribution in [2.45, 2.75) is 24.8 Å². The number of carbonyl (C=O) groups is 1. The minimum atomic E-state index is -0.696. The summed E-state index contributed by atoms with van der Waals surface area (Å²) in [6, 6.07) is 11.5. The van der Waals surface area contributed by atoms with E-state index in [0.717, 1.165) is 24.2 Å². The summed E-state index contributed by atoms with van der Waals surface area (Å²) < 4.78 is 0. The van der Waals surface area contributed by atoms with Crippen molar-refractivity contribution in [3.8, 4) is 6.07 Å². The highest BCUT2D eigenvalue weighted by Crippen LogP contribution is 2.19. The highest BCUT2D eigenvalue weighted by atomic mass is 32.2. The standard InChI is InChI=1S/C14H16N2OS/c15-9-13(11-5-2-1-3-6-11)14(17)16-12-7-4-8-18-10-12/h1-3,5-6,12-13H,4,7-8,10H2,(H,16,17). The van der Waals surface area contributed by atoms with Gasteiger partial charge in [0.2, 0.25) is 5.91 Å². The zero-order valence-electron chi connectivity index (χ0n) is 10.1. The number of hydrogen-bond donors (Lipinski definition) is 1. The number of benzene rings is 1. The van der Waals surface area contributed by atoms with Crippen molar-refractivity contribution < 1.29 is 4.79 Å². The Bertz CT molecular complexity index is 435. The van der Waals surface area contributed by atoms with E-state index >= 15 is 0 Å². The number of nitriles is 1. The predicted octanol–water partition coefficient (Wildman–Crippen LogP) is 2.31. The summed E-state index contributed by atoms with van der Waals surface area (Å²) in [5.74, 6) is 1.26. The molecule has 1 saturated heterocycles. The van der Waals surface area contributed by atoms with Crippen molar-refractivity contribution in [2.75, 3.05) is 11.5 Å². The Hall–Kier alpha value is -1.47. The first kappa shape index (κ1) is 13.0. The summed E-state index contributed by atoms with van der Waals surface area (Å²) in [6.45, 7) is 0. The SMILES string of the molecule is N#CC(C(=O)NC1CCCSC1)c1ccccc1. The Kier molecular flexibility index (Phi) is 4.66. The van der Waals surface area contributed by atoms with Crippen molar-refractivity contribution in [3.05, 3.63) is 35.9 Å². The zero-order chi connectivity index (χ0) is 12.8. The maximum Gasteiger partial charge on any atom is 0.242 e. The van der Waals surface area contributed by atoms with Crippen LogP contribution in [0.15, 0.2) is 30.3 Å². The van der Waals surface area contributed by atoms with Gasteiger partial charge >= 0.3 is 0 Å². The Labute approximate surface area is 112 Å². The molecule has 0 spiro atoms. The molecule has 2 atom stereocenters. The van der Waals surface area contributed by atoms with E-state index < -0.39 is 5.92 Å². The summed E-state index contributed by atoms with van der Waals surface area (Å²) in [7, 11) is 0. The molecular weight excluding hydrogens is 244 g/mol. The smallest absolute Gasteiger partial charge is 0.242 e. The van der Waals surface area contributed by atoms with E-state index in [2.05, 4.69) is 11.4 Å². The summed E-state index contributed by atoms with van der Waals surface area (Å²) in [4.78, 5) is 12.1. The van der Waals surface area contributed by atoms with Gasteiger partial charge in [-0.15, -0.1) is 0 Å². The summed E-state index contributed by atoms with van der Waals surface area (Å²) >= 11 is 1.86. The number of nitrogens with one attached hydrogen (secondary N) is 1. The van der Waals surface area contributed by atoms with Gasteiger partial charge in [-0.1, -0.05) is 30.3 Å². The molecule has 1 aliphatic rings. The lowest BCUT2D eigenvalue weighted by molar-refractivity contribution is -0.122. The van der Waals surface area contributed by atoms with Crippen LogP contribution < -0.4 is 5.32 Å². The molecule has 1 fully saturated rings. The summed E-state index contributed by atoms with van der Waals surface area (Å²) in [5.41, 5.74) is 0.765. The third kappa shape index (κ3) is 3.27. The quantitative estimate of drug-likeness (QED) is 0.907. The summed E-state index contributed by atoms with van der Waals surface area (Å²) in [5, 5.41) is 12.1. The Morgan fingerprint density at radius 3 is 2.83 bits per heavy atom. The van der Waals surface area contributed by atoms with E-state index in [0.29, 0.717) is 0 Å². The second-order valence-corrected chi connectivity index (χ2v) is 5.55. The zero-order valence-corrected chi connectivity index (χ0v) is 11.0. The van der Waals surface area contributed by atoms with Gasteiger partial charge in [0, 0.05) is 11.8 Å². The maximum atomic E-state index is 12.1. The first-order valence-electron chi connectivity index (χ1n) is 6.14. The predicted molar refractivity (Wildman–Crippen MR) is 73.3 cm³/mol. The fraction of sp³-hybridized carbons (Fsp3) is 0.429. The Balaban J connectivity index is 2.00. The van der Waals surface area contributed by atoms with Gasteiger partial charge < -0.3 is 5.32 Å². The first-order chi connectivity index (χ1) is 8.81. The van der Waals surface area contributed by atoms with Gasteiger partial charge in [0.1, 0.15) is 5.92 Å². The van der Waals surface area contributed by atoms with Crippen LogP contribution in [0.2, 0.25) is 0 Å². The molecule has 1 N–H and O–H groups in total. The molecule has 3 nitrogen and oxygen atoms in total. The van der Waals surface area contributed by atoms with Crippen LogP contribution in [0.1, 0.15) is 24.3 Å². The molecule has 1 aliphatic heterocycles. The van der Waals surface area contributed by atoms with Gasteiger partial charge in [-0.25, -0.2) is 0 Å².